The van der Waals surface area contributed by atoms with Crippen LogP contribution in [0.2, 0.25) is 0 Å². The minimum atomic E-state index is -4.27. The molecule has 0 fully saturated rings. The lowest BCUT2D eigenvalue weighted by Crippen LogP contribution is -2.01. The zero-order chi connectivity index (χ0) is 10.3. The van der Waals surface area contributed by atoms with Crippen LogP contribution >= 0.6 is 0 Å². The molecule has 0 N–H and O–H groups in total. The van der Waals surface area contributed by atoms with Gasteiger partial charge in [-0.1, -0.05) is 13.8 Å². The highest BCUT2D eigenvalue weighted by atomic mass is 19.4. The SMILES string of the molecule is CC(C)CCCOC=CC(F)(F)F. The molecular formula is C9H15F3O. The predicted octanol–water partition coefficient (Wildman–Crippen LogP) is 3.52. The van der Waals surface area contributed by atoms with Gasteiger partial charge in [-0.15, -0.1) is 0 Å². The first kappa shape index (κ1) is 12.3. The van der Waals surface area contributed by atoms with Crippen molar-refractivity contribution in [3.63, 3.8) is 0 Å². The van der Waals surface area contributed by atoms with Crippen molar-refractivity contribution in [2.75, 3.05) is 6.61 Å². The van der Waals surface area contributed by atoms with Gasteiger partial charge < -0.3 is 4.74 Å². The molecule has 0 aliphatic heterocycles. The molecule has 1 nitrogen and oxygen atoms in total. The number of allylic oxidation sites excluding steroid dienone is 1. The van der Waals surface area contributed by atoms with Crippen LogP contribution in [0.3, 0.4) is 0 Å². The second kappa shape index (κ2) is 5.89. The van der Waals surface area contributed by atoms with Gasteiger partial charge in [0.25, 0.3) is 0 Å². The predicted molar refractivity (Wildman–Crippen MR) is 45.2 cm³/mol. The monoisotopic (exact) mass is 196 g/mol. The number of alkyl halides is 3. The Balaban J connectivity index is 3.31. The number of hydrogen-bond donors (Lipinski definition) is 0. The van der Waals surface area contributed by atoms with Gasteiger partial charge in [-0.25, -0.2) is 0 Å². The number of ether oxygens (including phenoxy) is 1. The van der Waals surface area contributed by atoms with Crippen molar-refractivity contribution in [2.45, 2.75) is 32.9 Å². The Morgan fingerprint density at radius 3 is 2.38 bits per heavy atom. The molecule has 0 aromatic heterocycles. The summed E-state index contributed by atoms with van der Waals surface area (Å²) in [5.74, 6) is 0.565. The Morgan fingerprint density at radius 1 is 1.31 bits per heavy atom. The summed E-state index contributed by atoms with van der Waals surface area (Å²) in [6.07, 6.45) is -1.69. The second-order valence-corrected chi connectivity index (χ2v) is 3.25. The highest BCUT2D eigenvalue weighted by Gasteiger charge is 2.22. The minimum Gasteiger partial charge on any atom is -0.501 e. The van der Waals surface area contributed by atoms with Gasteiger partial charge in [-0.2, -0.15) is 13.2 Å². The van der Waals surface area contributed by atoms with Crippen LogP contribution in [0.5, 0.6) is 0 Å². The third kappa shape index (κ3) is 11.3. The van der Waals surface area contributed by atoms with E-state index in [0.29, 0.717) is 18.8 Å². The van der Waals surface area contributed by atoms with E-state index in [9.17, 15) is 13.2 Å². The van der Waals surface area contributed by atoms with Crippen LogP contribution in [-0.2, 0) is 4.74 Å². The normalized spacial score (nSPS) is 12.8. The molecule has 0 aromatic rings. The molecule has 0 rings (SSSR count). The zero-order valence-corrected chi connectivity index (χ0v) is 7.90. The fraction of sp³-hybridized carbons (Fsp3) is 0.778. The Hall–Kier alpha value is -0.670. The van der Waals surface area contributed by atoms with Gasteiger partial charge in [0.05, 0.1) is 18.9 Å². The summed E-state index contributed by atoms with van der Waals surface area (Å²) in [5, 5.41) is 0. The Bertz CT molecular complexity index is 149. The summed E-state index contributed by atoms with van der Waals surface area (Å²) in [6, 6.07) is 0. The van der Waals surface area contributed by atoms with Crippen LogP contribution in [0, 0.1) is 5.92 Å². The molecule has 4 heteroatoms. The Kier molecular flexibility index (Phi) is 5.58. The summed E-state index contributed by atoms with van der Waals surface area (Å²) < 4.78 is 39.2. The van der Waals surface area contributed by atoms with Crippen LogP contribution in [0.15, 0.2) is 12.3 Å². The first-order valence-electron chi connectivity index (χ1n) is 4.28. The van der Waals surface area contributed by atoms with E-state index < -0.39 is 6.18 Å². The lowest BCUT2D eigenvalue weighted by Gasteiger charge is -2.04. The quantitative estimate of drug-likeness (QED) is 0.483. The summed E-state index contributed by atoms with van der Waals surface area (Å²) in [6.45, 7) is 4.47. The van der Waals surface area contributed by atoms with Crippen LogP contribution < -0.4 is 0 Å². The van der Waals surface area contributed by atoms with Crippen molar-refractivity contribution in [2.24, 2.45) is 5.92 Å². The maximum atomic E-state index is 11.5. The summed E-state index contributed by atoms with van der Waals surface area (Å²) in [5.41, 5.74) is 0. The van der Waals surface area contributed by atoms with E-state index in [0.717, 1.165) is 12.8 Å². The summed E-state index contributed by atoms with van der Waals surface area (Å²) in [4.78, 5) is 0. The molecule has 0 aliphatic carbocycles. The molecular weight excluding hydrogens is 181 g/mol. The fourth-order valence-electron chi connectivity index (χ4n) is 0.768. The van der Waals surface area contributed by atoms with E-state index in [2.05, 4.69) is 18.6 Å². The minimum absolute atomic E-state index is 0.0996. The number of hydrogen-bond acceptors (Lipinski definition) is 1. The molecule has 0 amide bonds. The van der Waals surface area contributed by atoms with Gasteiger partial charge in [0.1, 0.15) is 0 Å². The number of halogens is 3. The van der Waals surface area contributed by atoms with Crippen LogP contribution in [0.4, 0.5) is 13.2 Å². The van der Waals surface area contributed by atoms with E-state index >= 15 is 0 Å². The van der Waals surface area contributed by atoms with Crippen molar-refractivity contribution in [3.8, 4) is 0 Å². The molecule has 0 radical (unpaired) electrons. The van der Waals surface area contributed by atoms with E-state index in [1.54, 1.807) is 0 Å². The zero-order valence-electron chi connectivity index (χ0n) is 7.90. The topological polar surface area (TPSA) is 9.23 Å². The average molecular weight is 196 g/mol. The van der Waals surface area contributed by atoms with Crippen LogP contribution in [0.1, 0.15) is 26.7 Å². The van der Waals surface area contributed by atoms with Gasteiger partial charge in [0, 0.05) is 0 Å². The Morgan fingerprint density at radius 2 is 1.92 bits per heavy atom. The van der Waals surface area contributed by atoms with E-state index in [-0.39, 0.29) is 6.08 Å². The van der Waals surface area contributed by atoms with Gasteiger partial charge in [0.2, 0.25) is 0 Å². The molecule has 0 bridgehead atoms. The maximum Gasteiger partial charge on any atom is 0.412 e. The van der Waals surface area contributed by atoms with Gasteiger partial charge in [-0.3, -0.25) is 0 Å². The molecule has 0 spiro atoms. The average Bonchev–Trinajstić information content (AvgIpc) is 1.93. The van der Waals surface area contributed by atoms with E-state index in [1.165, 1.54) is 0 Å². The van der Waals surface area contributed by atoms with Crippen molar-refractivity contribution < 1.29 is 17.9 Å². The second-order valence-electron chi connectivity index (χ2n) is 3.25. The van der Waals surface area contributed by atoms with Gasteiger partial charge in [-0.05, 0) is 18.8 Å². The fourth-order valence-corrected chi connectivity index (χ4v) is 0.768. The van der Waals surface area contributed by atoms with Crippen LogP contribution in [-0.4, -0.2) is 12.8 Å². The van der Waals surface area contributed by atoms with Crippen LogP contribution in [0.25, 0.3) is 0 Å². The third-order valence-electron chi connectivity index (χ3n) is 1.40. The van der Waals surface area contributed by atoms with E-state index in [1.807, 2.05) is 0 Å². The highest BCUT2D eigenvalue weighted by molar-refractivity contribution is 4.82. The Labute approximate surface area is 76.6 Å². The molecule has 0 heterocycles. The van der Waals surface area contributed by atoms with Crippen molar-refractivity contribution in [1.29, 1.82) is 0 Å². The summed E-state index contributed by atoms with van der Waals surface area (Å²) in [7, 11) is 0. The molecule has 13 heavy (non-hydrogen) atoms. The smallest absolute Gasteiger partial charge is 0.412 e. The molecule has 0 aliphatic rings. The van der Waals surface area contributed by atoms with Crippen molar-refractivity contribution in [3.05, 3.63) is 12.3 Å². The third-order valence-corrected chi connectivity index (χ3v) is 1.40. The first-order valence-corrected chi connectivity index (χ1v) is 4.28. The molecule has 0 aromatic carbocycles. The largest absolute Gasteiger partial charge is 0.501 e. The standard InChI is InChI=1S/C9H15F3O/c1-8(2)4-3-6-13-7-5-9(10,11)12/h5,7-8H,3-4,6H2,1-2H3. The molecule has 0 saturated carbocycles. The van der Waals surface area contributed by atoms with Crippen molar-refractivity contribution >= 4 is 0 Å². The summed E-state index contributed by atoms with van der Waals surface area (Å²) >= 11 is 0. The molecule has 0 unspecified atom stereocenters. The van der Waals surface area contributed by atoms with Crippen molar-refractivity contribution in [1.82, 2.24) is 0 Å². The molecule has 0 atom stereocenters. The van der Waals surface area contributed by atoms with Gasteiger partial charge >= 0.3 is 6.18 Å². The van der Waals surface area contributed by atoms with E-state index in [4.69, 9.17) is 0 Å². The first-order chi connectivity index (χ1) is 5.92. The highest BCUT2D eigenvalue weighted by Crippen LogP contribution is 2.15. The number of rotatable bonds is 5. The maximum absolute atomic E-state index is 11.5. The molecule has 78 valence electrons. The lowest BCUT2D eigenvalue weighted by molar-refractivity contribution is -0.0816. The lowest BCUT2D eigenvalue weighted by atomic mass is 10.1. The van der Waals surface area contributed by atoms with Gasteiger partial charge in [0.15, 0.2) is 0 Å². The molecule has 0 saturated heterocycles.